The van der Waals surface area contributed by atoms with E-state index in [0.717, 1.165) is 96.3 Å². The van der Waals surface area contributed by atoms with Gasteiger partial charge in [0.2, 0.25) is 0 Å². The number of carbonyl (C=O) groups is 3. The van der Waals surface area contributed by atoms with Crippen LogP contribution in [0.2, 0.25) is 0 Å². The van der Waals surface area contributed by atoms with Gasteiger partial charge >= 0.3 is 17.9 Å². The summed E-state index contributed by atoms with van der Waals surface area (Å²) in [7, 11) is 0. The largest absolute Gasteiger partial charge is 0.462 e. The van der Waals surface area contributed by atoms with Crippen LogP contribution in [0.3, 0.4) is 0 Å². The summed E-state index contributed by atoms with van der Waals surface area (Å²) in [5.41, 5.74) is 0. The van der Waals surface area contributed by atoms with E-state index in [1.165, 1.54) is 244 Å². The fraction of sp³-hybridized carbons (Fsp3) is 0.805. The fourth-order valence-corrected chi connectivity index (χ4v) is 10.8. The smallest absolute Gasteiger partial charge is 0.306 e. The van der Waals surface area contributed by atoms with Gasteiger partial charge in [0.1, 0.15) is 13.2 Å². The number of ether oxygens (including phenoxy) is 3. The van der Waals surface area contributed by atoms with Gasteiger partial charge in [-0.25, -0.2) is 0 Å². The van der Waals surface area contributed by atoms with Crippen molar-refractivity contribution in [3.05, 3.63) is 72.9 Å². The van der Waals surface area contributed by atoms with Crippen molar-refractivity contribution in [2.24, 2.45) is 0 Å². The second kappa shape index (κ2) is 71.3. The maximum atomic E-state index is 13.0. The molecule has 0 aliphatic carbocycles. The summed E-state index contributed by atoms with van der Waals surface area (Å²) in [5, 5.41) is 0. The molecule has 0 aliphatic rings. The lowest BCUT2D eigenvalue weighted by Gasteiger charge is -2.18. The summed E-state index contributed by atoms with van der Waals surface area (Å²) in [6.07, 6.45) is 93.7. The Morgan fingerprint density at radius 1 is 0.253 bits per heavy atom. The van der Waals surface area contributed by atoms with E-state index in [9.17, 15) is 14.4 Å². The van der Waals surface area contributed by atoms with Crippen LogP contribution in [0.5, 0.6) is 0 Å². The molecule has 6 nitrogen and oxygen atoms in total. The van der Waals surface area contributed by atoms with Crippen molar-refractivity contribution >= 4 is 17.9 Å². The number of hydrogen-bond acceptors (Lipinski definition) is 6. The van der Waals surface area contributed by atoms with Gasteiger partial charge in [0.25, 0.3) is 0 Å². The number of allylic oxidation sites excluding steroid dienone is 12. The number of carbonyl (C=O) groups excluding carboxylic acids is 3. The summed E-state index contributed by atoms with van der Waals surface area (Å²) >= 11 is 0. The van der Waals surface area contributed by atoms with E-state index < -0.39 is 6.10 Å². The standard InChI is InChI=1S/C77H138O6/c1-4-7-10-13-16-19-22-25-27-29-31-33-34-35-36-37-38-39-40-41-42-44-45-47-49-52-55-58-61-64-67-70-76(79)82-73-74(72-81-75(78)69-66-63-60-57-54-51-24-21-18-15-12-9-6-3)83-77(80)71-68-65-62-59-56-53-50-48-46-43-32-30-28-26-23-20-17-14-11-8-5-2/h7,10,16,19,21,24-25,27,31,33,35-36,74H,4-6,8-9,11-15,17-18,20,22-23,26,28-30,32,34,37-73H2,1-3H3/b10-7-,19-16-,24-21-,27-25-,33-31-,36-35-. The highest BCUT2D eigenvalue weighted by Gasteiger charge is 2.19. The van der Waals surface area contributed by atoms with E-state index in [0.29, 0.717) is 19.3 Å². The summed E-state index contributed by atoms with van der Waals surface area (Å²) < 4.78 is 17.0. The zero-order chi connectivity index (χ0) is 59.9. The van der Waals surface area contributed by atoms with Crippen molar-refractivity contribution in [2.75, 3.05) is 13.2 Å². The molecule has 6 heteroatoms. The van der Waals surface area contributed by atoms with E-state index in [4.69, 9.17) is 14.2 Å². The normalized spacial score (nSPS) is 12.5. The Balaban J connectivity index is 4.20. The molecule has 0 saturated carbocycles. The second-order valence-electron chi connectivity index (χ2n) is 24.5. The number of esters is 3. The number of rotatable bonds is 67. The fourth-order valence-electron chi connectivity index (χ4n) is 10.8. The molecule has 0 saturated heterocycles. The van der Waals surface area contributed by atoms with Crippen molar-refractivity contribution in [3.63, 3.8) is 0 Å². The molecule has 0 aromatic heterocycles. The Kier molecular flexibility index (Phi) is 68.6. The van der Waals surface area contributed by atoms with E-state index in [1.54, 1.807) is 0 Å². The first-order chi connectivity index (χ1) is 41.0. The van der Waals surface area contributed by atoms with Gasteiger partial charge in [0.15, 0.2) is 6.10 Å². The Hall–Kier alpha value is -3.15. The topological polar surface area (TPSA) is 78.9 Å². The molecule has 0 heterocycles. The molecule has 0 rings (SSSR count). The minimum Gasteiger partial charge on any atom is -0.462 e. The van der Waals surface area contributed by atoms with Gasteiger partial charge in [-0.15, -0.1) is 0 Å². The van der Waals surface area contributed by atoms with Gasteiger partial charge in [-0.05, 0) is 89.9 Å². The van der Waals surface area contributed by atoms with Crippen LogP contribution in [-0.2, 0) is 28.6 Å². The van der Waals surface area contributed by atoms with Crippen molar-refractivity contribution in [1.82, 2.24) is 0 Å². The highest BCUT2D eigenvalue weighted by Crippen LogP contribution is 2.18. The van der Waals surface area contributed by atoms with Crippen LogP contribution in [0, 0.1) is 0 Å². The monoisotopic (exact) mass is 1160 g/mol. The van der Waals surface area contributed by atoms with Crippen molar-refractivity contribution in [3.8, 4) is 0 Å². The lowest BCUT2D eigenvalue weighted by molar-refractivity contribution is -0.167. The van der Waals surface area contributed by atoms with Gasteiger partial charge in [0, 0.05) is 19.3 Å². The maximum absolute atomic E-state index is 13.0. The van der Waals surface area contributed by atoms with Gasteiger partial charge in [0.05, 0.1) is 0 Å². The first-order valence-electron chi connectivity index (χ1n) is 36.4. The summed E-state index contributed by atoms with van der Waals surface area (Å²) in [5.74, 6) is -0.856. The first kappa shape index (κ1) is 79.8. The molecular weight excluding hydrogens is 1020 g/mol. The van der Waals surface area contributed by atoms with Crippen LogP contribution >= 0.6 is 0 Å². The lowest BCUT2D eigenvalue weighted by Crippen LogP contribution is -2.30. The summed E-state index contributed by atoms with van der Waals surface area (Å²) in [6.45, 7) is 6.57. The summed E-state index contributed by atoms with van der Waals surface area (Å²) in [6, 6.07) is 0. The highest BCUT2D eigenvalue weighted by molar-refractivity contribution is 5.71. The van der Waals surface area contributed by atoms with Crippen molar-refractivity contribution in [2.45, 2.75) is 386 Å². The zero-order valence-corrected chi connectivity index (χ0v) is 55.5. The van der Waals surface area contributed by atoms with Gasteiger partial charge in [-0.1, -0.05) is 344 Å². The van der Waals surface area contributed by atoms with E-state index >= 15 is 0 Å². The Morgan fingerprint density at radius 2 is 0.470 bits per heavy atom. The molecule has 0 fully saturated rings. The van der Waals surface area contributed by atoms with Crippen molar-refractivity contribution in [1.29, 1.82) is 0 Å². The predicted octanol–water partition coefficient (Wildman–Crippen LogP) is 25.2. The molecule has 0 N–H and O–H groups in total. The Bertz CT molecular complexity index is 1520. The number of unbranched alkanes of at least 4 members (excludes halogenated alkanes) is 44. The lowest BCUT2D eigenvalue weighted by atomic mass is 10.0. The maximum Gasteiger partial charge on any atom is 0.306 e. The minimum atomic E-state index is -0.777. The Morgan fingerprint density at radius 3 is 0.759 bits per heavy atom. The zero-order valence-electron chi connectivity index (χ0n) is 55.5. The van der Waals surface area contributed by atoms with Crippen LogP contribution in [0.15, 0.2) is 72.9 Å². The third-order valence-corrected chi connectivity index (χ3v) is 16.2. The molecule has 0 amide bonds. The first-order valence-corrected chi connectivity index (χ1v) is 36.4. The molecule has 0 aliphatic heterocycles. The van der Waals surface area contributed by atoms with E-state index in [-0.39, 0.29) is 31.1 Å². The Labute approximate surface area is 516 Å². The van der Waals surface area contributed by atoms with Crippen LogP contribution in [0.4, 0.5) is 0 Å². The molecule has 482 valence electrons. The minimum absolute atomic E-state index is 0.0726. The molecule has 1 atom stereocenters. The SMILES string of the molecule is CC/C=C\C/C=C\C/C=C\C/C=C\C/C=C\CCCCCCCCCCCCCCCCCC(=O)OCC(COC(=O)CCCCCCC/C=C\CCCCCC)OC(=O)CCCCCCCCCCCCCCCCCCCCCCC. The van der Waals surface area contributed by atoms with Crippen LogP contribution in [0.25, 0.3) is 0 Å². The molecule has 0 radical (unpaired) electrons. The van der Waals surface area contributed by atoms with Gasteiger partial charge < -0.3 is 14.2 Å². The quantitative estimate of drug-likeness (QED) is 0.0261. The molecule has 0 spiro atoms. The average Bonchev–Trinajstić information content (AvgIpc) is 3.49. The third kappa shape index (κ3) is 69.5. The van der Waals surface area contributed by atoms with Gasteiger partial charge in [-0.3, -0.25) is 14.4 Å². The van der Waals surface area contributed by atoms with E-state index in [1.807, 2.05) is 0 Å². The van der Waals surface area contributed by atoms with Crippen LogP contribution in [0.1, 0.15) is 380 Å². The molecule has 0 bridgehead atoms. The number of hydrogen-bond donors (Lipinski definition) is 0. The average molecular weight is 1160 g/mol. The predicted molar refractivity (Wildman–Crippen MR) is 362 cm³/mol. The summed E-state index contributed by atoms with van der Waals surface area (Å²) in [4.78, 5) is 38.4. The van der Waals surface area contributed by atoms with Gasteiger partial charge in [-0.2, -0.15) is 0 Å². The highest BCUT2D eigenvalue weighted by atomic mass is 16.6. The molecule has 0 aromatic carbocycles. The second-order valence-corrected chi connectivity index (χ2v) is 24.5. The molecule has 1 unspecified atom stereocenters. The third-order valence-electron chi connectivity index (χ3n) is 16.2. The molecule has 0 aromatic rings. The molecular formula is C77H138O6. The van der Waals surface area contributed by atoms with Crippen LogP contribution < -0.4 is 0 Å². The van der Waals surface area contributed by atoms with E-state index in [2.05, 4.69) is 93.7 Å². The van der Waals surface area contributed by atoms with Crippen LogP contribution in [-0.4, -0.2) is 37.2 Å². The van der Waals surface area contributed by atoms with Crippen molar-refractivity contribution < 1.29 is 28.6 Å². The molecule has 83 heavy (non-hydrogen) atoms.